The number of hydrogen-bond acceptors (Lipinski definition) is 2. The van der Waals surface area contributed by atoms with Gasteiger partial charge in [-0.25, -0.2) is 0 Å². The molecule has 2 aliphatic rings. The average molecular weight is 454 g/mol. The number of methoxy groups -OCH3 is 1. The van der Waals surface area contributed by atoms with Crippen molar-refractivity contribution in [3.63, 3.8) is 0 Å². The summed E-state index contributed by atoms with van der Waals surface area (Å²) in [5, 5.41) is 2.68. The molecule has 3 heteroatoms. The molecule has 1 N–H and O–H groups in total. The summed E-state index contributed by atoms with van der Waals surface area (Å²) >= 11 is 0. The van der Waals surface area contributed by atoms with E-state index in [0.29, 0.717) is 6.04 Å². The van der Waals surface area contributed by atoms with Gasteiger partial charge in [-0.2, -0.15) is 0 Å². The molecule has 3 nitrogen and oxygen atoms in total. The van der Waals surface area contributed by atoms with Crippen molar-refractivity contribution in [1.29, 1.82) is 0 Å². The molecule has 2 heterocycles. The van der Waals surface area contributed by atoms with Crippen LogP contribution in [-0.2, 0) is 10.8 Å². The van der Waals surface area contributed by atoms with E-state index < -0.39 is 0 Å². The Hall–Kier alpha value is -3.04. The second kappa shape index (κ2) is 8.02. The van der Waals surface area contributed by atoms with Crippen LogP contribution in [0, 0.1) is 0 Å². The largest absolute Gasteiger partial charge is 0.497 e. The standard InChI is InChI=1S/C31H36N2O/c1-8-33-26-18-16-21-12-9-10-13-23(21)29(26)31(4,5)28(33)15-11-14-27-30(2,3)24-20-22(34-7)17-19-25(24)32(27)6/h9-20,27H,8H2,1-7H3/p+1. The molecule has 176 valence electrons. The van der Waals surface area contributed by atoms with Crippen molar-refractivity contribution in [1.82, 2.24) is 0 Å². The maximum Gasteiger partial charge on any atom is 0.135 e. The fraction of sp³-hybridized carbons (Fsp3) is 0.355. The molecule has 0 saturated heterocycles. The highest BCUT2D eigenvalue weighted by Crippen LogP contribution is 2.50. The summed E-state index contributed by atoms with van der Waals surface area (Å²) in [5.41, 5.74) is 6.86. The molecule has 0 aliphatic carbocycles. The summed E-state index contributed by atoms with van der Waals surface area (Å²) in [5.74, 6) is 0.933. The van der Waals surface area contributed by atoms with E-state index in [2.05, 4.69) is 119 Å². The molecular weight excluding hydrogens is 416 g/mol. The maximum absolute atomic E-state index is 5.52. The Morgan fingerprint density at radius 1 is 1.03 bits per heavy atom. The lowest BCUT2D eigenvalue weighted by molar-refractivity contribution is -0.828. The SMILES string of the molecule is CCN1C(=CC=CC2[NH+](C)c3ccc(OC)cc3C2(C)C)C(C)(C)c2c1ccc1ccccc21. The molecule has 0 amide bonds. The van der Waals surface area contributed by atoms with E-state index in [0.717, 1.165) is 12.3 Å². The highest BCUT2D eigenvalue weighted by Gasteiger charge is 2.46. The molecule has 2 aliphatic heterocycles. The third-order valence-corrected chi connectivity index (χ3v) is 8.22. The van der Waals surface area contributed by atoms with Crippen LogP contribution in [0.5, 0.6) is 5.75 Å². The lowest BCUT2D eigenvalue weighted by Crippen LogP contribution is -3.07. The fourth-order valence-electron chi connectivity index (χ4n) is 6.42. The number of hydrogen-bond donors (Lipinski definition) is 1. The van der Waals surface area contributed by atoms with Crippen LogP contribution < -0.4 is 14.5 Å². The van der Waals surface area contributed by atoms with Crippen molar-refractivity contribution in [2.24, 2.45) is 0 Å². The Labute approximate surface area is 204 Å². The number of ether oxygens (including phenoxy) is 1. The second-order valence-corrected chi connectivity index (χ2v) is 10.8. The van der Waals surface area contributed by atoms with E-state index >= 15 is 0 Å². The van der Waals surface area contributed by atoms with Gasteiger partial charge in [0, 0.05) is 35.0 Å². The van der Waals surface area contributed by atoms with E-state index in [1.54, 1.807) is 7.11 Å². The number of allylic oxidation sites excluding steroid dienone is 3. The monoisotopic (exact) mass is 453 g/mol. The smallest absolute Gasteiger partial charge is 0.135 e. The zero-order chi connectivity index (χ0) is 24.3. The van der Waals surface area contributed by atoms with Crippen molar-refractivity contribution < 1.29 is 9.64 Å². The zero-order valence-corrected chi connectivity index (χ0v) is 21.6. The predicted octanol–water partition coefficient (Wildman–Crippen LogP) is 5.91. The van der Waals surface area contributed by atoms with Gasteiger partial charge in [0.25, 0.3) is 0 Å². The summed E-state index contributed by atoms with van der Waals surface area (Å²) in [6.07, 6.45) is 7.05. The van der Waals surface area contributed by atoms with E-state index in [1.807, 2.05) is 0 Å². The Balaban J connectivity index is 1.53. The number of nitrogens with one attached hydrogen (secondary N) is 1. The van der Waals surface area contributed by atoms with Crippen LogP contribution in [0.25, 0.3) is 10.8 Å². The molecule has 0 bridgehead atoms. The molecule has 0 fully saturated rings. The van der Waals surface area contributed by atoms with Gasteiger partial charge in [0.15, 0.2) is 0 Å². The molecule has 34 heavy (non-hydrogen) atoms. The van der Waals surface area contributed by atoms with Crippen LogP contribution in [0.15, 0.2) is 78.5 Å². The van der Waals surface area contributed by atoms with Crippen LogP contribution in [0.2, 0.25) is 0 Å². The molecular formula is C31H37N2O+. The van der Waals surface area contributed by atoms with Gasteiger partial charge in [0.1, 0.15) is 17.5 Å². The van der Waals surface area contributed by atoms with Crippen LogP contribution in [0.3, 0.4) is 0 Å². The second-order valence-electron chi connectivity index (χ2n) is 10.8. The van der Waals surface area contributed by atoms with Crippen LogP contribution in [0.1, 0.15) is 45.7 Å². The number of nitrogens with zero attached hydrogens (tertiary/aromatic N) is 1. The Bertz CT molecular complexity index is 1310. The summed E-state index contributed by atoms with van der Waals surface area (Å²) in [6.45, 7) is 12.6. The van der Waals surface area contributed by atoms with Crippen LogP contribution in [0.4, 0.5) is 11.4 Å². The van der Waals surface area contributed by atoms with Gasteiger partial charge in [-0.1, -0.05) is 50.3 Å². The topological polar surface area (TPSA) is 16.9 Å². The number of fused-ring (bicyclic) bond motifs is 4. The minimum absolute atomic E-state index is 0.0256. The number of benzene rings is 3. The van der Waals surface area contributed by atoms with Crippen molar-refractivity contribution in [3.8, 4) is 5.75 Å². The minimum atomic E-state index is -0.0587. The first-order valence-corrected chi connectivity index (χ1v) is 12.4. The Morgan fingerprint density at radius 2 is 1.79 bits per heavy atom. The Morgan fingerprint density at radius 3 is 2.53 bits per heavy atom. The minimum Gasteiger partial charge on any atom is -0.497 e. The summed E-state index contributed by atoms with van der Waals surface area (Å²) in [7, 11) is 4.02. The van der Waals surface area contributed by atoms with Crippen molar-refractivity contribution in [3.05, 3.63) is 89.6 Å². The van der Waals surface area contributed by atoms with Crippen LogP contribution >= 0.6 is 0 Å². The van der Waals surface area contributed by atoms with Gasteiger partial charge in [0.2, 0.25) is 0 Å². The van der Waals surface area contributed by atoms with E-state index in [4.69, 9.17) is 4.74 Å². The van der Waals surface area contributed by atoms with Crippen LogP contribution in [-0.4, -0.2) is 26.7 Å². The predicted molar refractivity (Wildman–Crippen MR) is 144 cm³/mol. The summed E-state index contributed by atoms with van der Waals surface area (Å²) in [6, 6.07) is 20.2. The first kappa shape index (κ1) is 22.7. The highest BCUT2D eigenvalue weighted by atomic mass is 16.5. The number of likely N-dealkylation sites (N-methyl/N-ethyl adjacent to an activating group) is 2. The van der Waals surface area contributed by atoms with Gasteiger partial charge in [0.05, 0.1) is 19.6 Å². The van der Waals surface area contributed by atoms with Crippen molar-refractivity contribution in [2.75, 3.05) is 25.6 Å². The van der Waals surface area contributed by atoms with Crippen molar-refractivity contribution >= 4 is 22.1 Å². The number of rotatable bonds is 4. The maximum atomic E-state index is 5.52. The van der Waals surface area contributed by atoms with Gasteiger partial charge in [-0.05, 0) is 67.5 Å². The normalized spacial score (nSPS) is 23.6. The van der Waals surface area contributed by atoms with E-state index in [-0.39, 0.29) is 10.8 Å². The molecule has 0 aromatic heterocycles. The molecule has 3 aromatic rings. The van der Waals surface area contributed by atoms with Gasteiger partial charge in [-0.15, -0.1) is 0 Å². The third-order valence-electron chi connectivity index (χ3n) is 8.22. The lowest BCUT2D eigenvalue weighted by Gasteiger charge is -2.27. The molecule has 2 atom stereocenters. The quantitative estimate of drug-likeness (QED) is 0.529. The number of quaternary nitrogens is 1. The van der Waals surface area contributed by atoms with Gasteiger partial charge in [-0.3, -0.25) is 4.90 Å². The molecule has 0 saturated carbocycles. The third kappa shape index (κ3) is 3.21. The molecule has 0 radical (unpaired) electrons. The molecule has 3 aromatic carbocycles. The summed E-state index contributed by atoms with van der Waals surface area (Å²) in [4.78, 5) is 3.92. The molecule has 0 spiro atoms. The van der Waals surface area contributed by atoms with Crippen molar-refractivity contribution in [2.45, 2.75) is 51.5 Å². The fourth-order valence-corrected chi connectivity index (χ4v) is 6.42. The number of anilines is 1. The molecule has 5 rings (SSSR count). The van der Waals surface area contributed by atoms with Gasteiger partial charge < -0.3 is 9.64 Å². The van der Waals surface area contributed by atoms with E-state index in [1.165, 1.54) is 43.9 Å². The first-order valence-electron chi connectivity index (χ1n) is 12.4. The highest BCUT2D eigenvalue weighted by molar-refractivity contribution is 5.94. The zero-order valence-electron chi connectivity index (χ0n) is 21.6. The first-order chi connectivity index (χ1) is 16.2. The average Bonchev–Trinajstić information content (AvgIpc) is 3.17. The lowest BCUT2D eigenvalue weighted by atomic mass is 9.79. The van der Waals surface area contributed by atoms with E-state index in [9.17, 15) is 0 Å². The Kier molecular flexibility index (Phi) is 5.37. The summed E-state index contributed by atoms with van der Waals surface area (Å²) < 4.78 is 5.52. The van der Waals surface area contributed by atoms with Gasteiger partial charge >= 0.3 is 0 Å². The molecule has 2 unspecified atom stereocenters.